The fourth-order valence-corrected chi connectivity index (χ4v) is 5.14. The smallest absolute Gasteiger partial charge is 0.387 e. The summed E-state index contributed by atoms with van der Waals surface area (Å²) in [5, 5.41) is 7.11. The summed E-state index contributed by atoms with van der Waals surface area (Å²) in [6.45, 7) is 3.95. The van der Waals surface area contributed by atoms with Crippen molar-refractivity contribution in [1.29, 1.82) is 0 Å². The minimum absolute atomic E-state index is 0. The average molecular weight is 536 g/mol. The highest BCUT2D eigenvalue weighted by molar-refractivity contribution is 14.0. The highest BCUT2D eigenvalue weighted by atomic mass is 127. The Morgan fingerprint density at radius 1 is 1.27 bits per heavy atom. The van der Waals surface area contributed by atoms with Gasteiger partial charge in [0, 0.05) is 50.2 Å². The summed E-state index contributed by atoms with van der Waals surface area (Å²) in [6.07, 6.45) is 2.31. The van der Waals surface area contributed by atoms with Crippen LogP contribution in [0.25, 0.3) is 0 Å². The second kappa shape index (κ2) is 9.42. The van der Waals surface area contributed by atoms with Gasteiger partial charge in [0.25, 0.3) is 0 Å². The number of halogens is 3. The summed E-state index contributed by atoms with van der Waals surface area (Å²) in [6, 6.07) is 7.47. The number of fused-ring (bicyclic) bond motifs is 1. The number of anilines is 1. The maximum atomic E-state index is 12.7. The molecule has 4 atom stereocenters. The van der Waals surface area contributed by atoms with E-state index in [1.165, 1.54) is 0 Å². The molecule has 2 saturated heterocycles. The molecule has 1 aromatic carbocycles. The first-order valence-electron chi connectivity index (χ1n) is 10.3. The van der Waals surface area contributed by atoms with Crippen molar-refractivity contribution < 1.29 is 18.3 Å². The molecule has 3 aliphatic rings. The zero-order valence-electron chi connectivity index (χ0n) is 17.6. The van der Waals surface area contributed by atoms with Crippen molar-refractivity contribution in [2.24, 2.45) is 16.3 Å². The van der Waals surface area contributed by atoms with Crippen molar-refractivity contribution in [3.05, 3.63) is 24.3 Å². The first kappa shape index (κ1) is 23.3. The van der Waals surface area contributed by atoms with Crippen LogP contribution in [0.4, 0.5) is 14.5 Å². The lowest BCUT2D eigenvalue weighted by Crippen LogP contribution is -2.68. The molecule has 0 radical (unpaired) electrons. The third kappa shape index (κ3) is 4.46. The topological polar surface area (TPSA) is 58.1 Å². The number of nitrogens with one attached hydrogen (secondary N) is 2. The van der Waals surface area contributed by atoms with E-state index in [0.717, 1.165) is 32.0 Å². The third-order valence-corrected chi connectivity index (χ3v) is 6.57. The zero-order chi connectivity index (χ0) is 20.6. The molecule has 2 aliphatic heterocycles. The van der Waals surface area contributed by atoms with E-state index in [1.807, 2.05) is 12.1 Å². The van der Waals surface area contributed by atoms with E-state index in [4.69, 9.17) is 4.74 Å². The summed E-state index contributed by atoms with van der Waals surface area (Å²) >= 11 is 0. The predicted octanol–water partition coefficient (Wildman–Crippen LogP) is 3.46. The number of benzene rings is 1. The zero-order valence-corrected chi connectivity index (χ0v) is 19.9. The van der Waals surface area contributed by atoms with Crippen molar-refractivity contribution in [2.75, 3.05) is 31.6 Å². The summed E-state index contributed by atoms with van der Waals surface area (Å²) in [7, 11) is 1.78. The maximum Gasteiger partial charge on any atom is 0.387 e. The monoisotopic (exact) mass is 536 g/mol. The molecule has 1 aliphatic carbocycles. The van der Waals surface area contributed by atoms with Gasteiger partial charge in [-0.15, -0.1) is 24.0 Å². The van der Waals surface area contributed by atoms with Crippen LogP contribution in [-0.4, -0.2) is 57.5 Å². The number of ether oxygens (including phenoxy) is 2. The van der Waals surface area contributed by atoms with Crippen molar-refractivity contribution in [3.63, 3.8) is 0 Å². The van der Waals surface area contributed by atoms with Gasteiger partial charge in [0.05, 0.1) is 11.8 Å². The van der Waals surface area contributed by atoms with Crippen LogP contribution < -0.4 is 20.3 Å². The molecule has 2 heterocycles. The fourth-order valence-electron chi connectivity index (χ4n) is 5.14. The quantitative estimate of drug-likeness (QED) is 0.343. The molecular weight excluding hydrogens is 505 g/mol. The van der Waals surface area contributed by atoms with Gasteiger partial charge in [-0.3, -0.25) is 4.99 Å². The Balaban J connectivity index is 0.00000256. The lowest BCUT2D eigenvalue weighted by Gasteiger charge is -2.55. The summed E-state index contributed by atoms with van der Waals surface area (Å²) in [4.78, 5) is 6.50. The minimum Gasteiger partial charge on any atom is -0.433 e. The fraction of sp³-hybridized carbons (Fsp3) is 0.667. The lowest BCUT2D eigenvalue weighted by atomic mass is 9.57. The normalized spacial score (nSPS) is 29.8. The molecule has 0 aromatic heterocycles. The van der Waals surface area contributed by atoms with E-state index in [0.29, 0.717) is 30.3 Å². The van der Waals surface area contributed by atoms with Gasteiger partial charge >= 0.3 is 6.61 Å². The molecular formula is C21H31F2IN4O2. The highest BCUT2D eigenvalue weighted by Gasteiger charge is 2.59. The van der Waals surface area contributed by atoms with Crippen molar-refractivity contribution in [3.8, 4) is 5.75 Å². The lowest BCUT2D eigenvalue weighted by molar-refractivity contribution is -0.106. The molecule has 30 heavy (non-hydrogen) atoms. The van der Waals surface area contributed by atoms with E-state index < -0.39 is 6.61 Å². The molecule has 4 rings (SSSR count). The third-order valence-electron chi connectivity index (χ3n) is 6.57. The number of alkyl halides is 2. The molecule has 168 valence electrons. The summed E-state index contributed by atoms with van der Waals surface area (Å²) in [5.41, 5.74) is 0.776. The van der Waals surface area contributed by atoms with Crippen LogP contribution in [-0.2, 0) is 4.74 Å². The van der Waals surface area contributed by atoms with Gasteiger partial charge in [-0.2, -0.15) is 8.78 Å². The van der Waals surface area contributed by atoms with E-state index in [-0.39, 0.29) is 41.2 Å². The predicted molar refractivity (Wildman–Crippen MR) is 124 cm³/mol. The van der Waals surface area contributed by atoms with Gasteiger partial charge in [0.1, 0.15) is 5.75 Å². The van der Waals surface area contributed by atoms with E-state index >= 15 is 0 Å². The Morgan fingerprint density at radius 2 is 2.03 bits per heavy atom. The SMILES string of the molecule is CN=C(NC1CCN(c2ccccc2OC(F)F)C1)NC1C2CCOC2C1(C)C.I. The minimum atomic E-state index is -2.83. The van der Waals surface area contributed by atoms with Gasteiger partial charge in [-0.1, -0.05) is 26.0 Å². The second-order valence-corrected chi connectivity index (χ2v) is 8.68. The summed E-state index contributed by atoms with van der Waals surface area (Å²) in [5.74, 6) is 1.54. The van der Waals surface area contributed by atoms with Gasteiger partial charge in [-0.05, 0) is 25.0 Å². The number of hydrogen-bond acceptors (Lipinski definition) is 4. The van der Waals surface area contributed by atoms with E-state index in [2.05, 4.69) is 39.1 Å². The number of para-hydroxylation sites is 2. The van der Waals surface area contributed by atoms with Crippen LogP contribution in [0.5, 0.6) is 5.75 Å². The van der Waals surface area contributed by atoms with Crippen molar-refractivity contribution in [2.45, 2.75) is 51.5 Å². The largest absolute Gasteiger partial charge is 0.433 e. The first-order chi connectivity index (χ1) is 13.9. The second-order valence-electron chi connectivity index (χ2n) is 8.68. The number of nitrogens with zero attached hydrogens (tertiary/aromatic N) is 2. The Labute approximate surface area is 193 Å². The van der Waals surface area contributed by atoms with E-state index in [9.17, 15) is 8.78 Å². The standard InChI is InChI=1S/C21H30F2N4O2.HI/c1-21(2)17(14-9-11-28-18(14)21)26-20(24-3)25-13-8-10-27(12-13)15-6-4-5-7-16(15)29-19(22)23;/h4-7,13-14,17-19H,8-12H2,1-3H3,(H2,24,25,26);1H. The van der Waals surface area contributed by atoms with Crippen LogP contribution >= 0.6 is 24.0 Å². The number of guanidine groups is 1. The van der Waals surface area contributed by atoms with E-state index in [1.54, 1.807) is 19.2 Å². The summed E-state index contributed by atoms with van der Waals surface area (Å²) < 4.78 is 36.0. The number of aliphatic imine (C=N–C) groups is 1. The number of hydrogen-bond donors (Lipinski definition) is 2. The maximum absolute atomic E-state index is 12.7. The molecule has 4 unspecified atom stereocenters. The Kier molecular flexibility index (Phi) is 7.32. The average Bonchev–Trinajstić information content (AvgIpc) is 3.33. The van der Waals surface area contributed by atoms with Crippen molar-refractivity contribution >= 4 is 35.6 Å². The van der Waals surface area contributed by atoms with Crippen LogP contribution in [0.1, 0.15) is 26.7 Å². The van der Waals surface area contributed by atoms with Gasteiger partial charge < -0.3 is 25.0 Å². The first-order valence-corrected chi connectivity index (χ1v) is 10.3. The van der Waals surface area contributed by atoms with Crippen LogP contribution in [0.15, 0.2) is 29.3 Å². The van der Waals surface area contributed by atoms with Gasteiger partial charge in [0.15, 0.2) is 5.96 Å². The Morgan fingerprint density at radius 3 is 2.77 bits per heavy atom. The molecule has 9 heteroatoms. The molecule has 0 spiro atoms. The number of rotatable bonds is 5. The molecule has 3 fully saturated rings. The molecule has 2 N–H and O–H groups in total. The Bertz CT molecular complexity index is 764. The highest BCUT2D eigenvalue weighted by Crippen LogP contribution is 2.52. The van der Waals surface area contributed by atoms with Crippen LogP contribution in [0.3, 0.4) is 0 Å². The van der Waals surface area contributed by atoms with Gasteiger partial charge in [-0.25, -0.2) is 0 Å². The molecule has 0 bridgehead atoms. The van der Waals surface area contributed by atoms with Crippen LogP contribution in [0, 0.1) is 11.3 Å². The van der Waals surface area contributed by atoms with Crippen LogP contribution in [0.2, 0.25) is 0 Å². The van der Waals surface area contributed by atoms with Crippen molar-refractivity contribution in [1.82, 2.24) is 10.6 Å². The molecule has 6 nitrogen and oxygen atoms in total. The molecule has 1 aromatic rings. The Hall–Kier alpha value is -1.36. The molecule has 0 amide bonds. The van der Waals surface area contributed by atoms with Gasteiger partial charge in [0.2, 0.25) is 0 Å². The molecule has 1 saturated carbocycles.